The van der Waals surface area contributed by atoms with Gasteiger partial charge >= 0.3 is 5.97 Å². The van der Waals surface area contributed by atoms with Crippen LogP contribution in [0.4, 0.5) is 5.82 Å². The third-order valence-corrected chi connectivity index (χ3v) is 2.17. The molecule has 0 aliphatic heterocycles. The molecule has 1 aromatic heterocycles. The Bertz CT molecular complexity index is 369. The summed E-state index contributed by atoms with van der Waals surface area (Å²) >= 11 is 0. The Labute approximate surface area is 101 Å². The predicted molar refractivity (Wildman–Crippen MR) is 65.2 cm³/mol. The van der Waals surface area contributed by atoms with Gasteiger partial charge in [0.2, 0.25) is 0 Å². The first-order valence-electron chi connectivity index (χ1n) is 5.56. The molecular formula is C12H18N2O3. The fraction of sp³-hybridized carbons (Fsp3) is 0.500. The molecule has 5 heteroatoms. The smallest absolute Gasteiger partial charge is 0.341 e. The van der Waals surface area contributed by atoms with E-state index >= 15 is 0 Å². The number of pyridine rings is 1. The number of rotatable bonds is 6. The van der Waals surface area contributed by atoms with E-state index in [0.29, 0.717) is 24.6 Å². The number of nitrogens with zero attached hydrogens (tertiary/aromatic N) is 1. The van der Waals surface area contributed by atoms with Crippen molar-refractivity contribution in [2.24, 2.45) is 0 Å². The van der Waals surface area contributed by atoms with Gasteiger partial charge in [0.15, 0.2) is 0 Å². The molecule has 0 saturated carbocycles. The van der Waals surface area contributed by atoms with Crippen LogP contribution in [0.1, 0.15) is 24.2 Å². The molecule has 0 amide bonds. The van der Waals surface area contributed by atoms with Gasteiger partial charge in [0.1, 0.15) is 11.4 Å². The predicted octanol–water partition coefficient (Wildman–Crippen LogP) is 1.71. The van der Waals surface area contributed by atoms with Gasteiger partial charge in [0, 0.05) is 18.8 Å². The number of methoxy groups -OCH3 is 1. The normalized spacial score (nSPS) is 11.9. The molecule has 5 nitrogen and oxygen atoms in total. The van der Waals surface area contributed by atoms with Crippen LogP contribution in [0.25, 0.3) is 0 Å². The van der Waals surface area contributed by atoms with E-state index in [1.165, 1.54) is 7.11 Å². The topological polar surface area (TPSA) is 60.5 Å². The van der Waals surface area contributed by atoms with Crippen molar-refractivity contribution in [2.45, 2.75) is 19.9 Å². The van der Waals surface area contributed by atoms with Gasteiger partial charge in [-0.15, -0.1) is 0 Å². The zero-order valence-electron chi connectivity index (χ0n) is 10.4. The number of ether oxygens (including phenoxy) is 2. The largest absolute Gasteiger partial charge is 0.465 e. The molecule has 94 valence electrons. The van der Waals surface area contributed by atoms with Crippen molar-refractivity contribution in [1.29, 1.82) is 0 Å². The second-order valence-corrected chi connectivity index (χ2v) is 3.60. The Morgan fingerprint density at radius 3 is 3.00 bits per heavy atom. The van der Waals surface area contributed by atoms with E-state index in [2.05, 4.69) is 15.0 Å². The summed E-state index contributed by atoms with van der Waals surface area (Å²) in [7, 11) is 1.35. The third kappa shape index (κ3) is 4.03. The number of carbonyl (C=O) groups excluding carboxylic acids is 1. The lowest BCUT2D eigenvalue weighted by atomic mass is 10.2. The molecule has 1 atom stereocenters. The molecule has 0 spiro atoms. The van der Waals surface area contributed by atoms with Crippen LogP contribution >= 0.6 is 0 Å². The highest BCUT2D eigenvalue weighted by Crippen LogP contribution is 2.13. The zero-order valence-corrected chi connectivity index (χ0v) is 10.4. The molecule has 1 rings (SSSR count). The van der Waals surface area contributed by atoms with E-state index in [4.69, 9.17) is 4.74 Å². The number of esters is 1. The van der Waals surface area contributed by atoms with Crippen molar-refractivity contribution >= 4 is 11.8 Å². The average molecular weight is 238 g/mol. The van der Waals surface area contributed by atoms with Gasteiger partial charge < -0.3 is 14.8 Å². The van der Waals surface area contributed by atoms with Crippen LogP contribution in [-0.4, -0.2) is 37.3 Å². The first kappa shape index (κ1) is 13.4. The van der Waals surface area contributed by atoms with Crippen molar-refractivity contribution in [1.82, 2.24) is 4.98 Å². The first-order chi connectivity index (χ1) is 8.19. The Morgan fingerprint density at radius 1 is 1.59 bits per heavy atom. The highest BCUT2D eigenvalue weighted by Gasteiger charge is 2.13. The minimum Gasteiger partial charge on any atom is -0.465 e. The lowest BCUT2D eigenvalue weighted by Gasteiger charge is -2.15. The summed E-state index contributed by atoms with van der Waals surface area (Å²) in [4.78, 5) is 15.6. The Balaban J connectivity index is 2.73. The summed E-state index contributed by atoms with van der Waals surface area (Å²) in [5, 5.41) is 3.12. The Kier molecular flexibility index (Phi) is 5.42. The van der Waals surface area contributed by atoms with Crippen molar-refractivity contribution in [2.75, 3.05) is 25.6 Å². The average Bonchev–Trinajstić information content (AvgIpc) is 2.36. The molecule has 1 N–H and O–H groups in total. The molecule has 0 aliphatic rings. The van der Waals surface area contributed by atoms with Crippen LogP contribution in [0, 0.1) is 0 Å². The summed E-state index contributed by atoms with van der Waals surface area (Å²) in [5.41, 5.74) is 0.429. The second kappa shape index (κ2) is 6.85. The van der Waals surface area contributed by atoms with Gasteiger partial charge in [-0.3, -0.25) is 0 Å². The second-order valence-electron chi connectivity index (χ2n) is 3.60. The molecule has 1 unspecified atom stereocenters. The highest BCUT2D eigenvalue weighted by atomic mass is 16.5. The van der Waals surface area contributed by atoms with Crippen molar-refractivity contribution in [3.05, 3.63) is 23.9 Å². The number of anilines is 1. The van der Waals surface area contributed by atoms with Crippen LogP contribution in [0.15, 0.2) is 18.3 Å². The summed E-state index contributed by atoms with van der Waals surface area (Å²) in [6, 6.07) is 3.45. The minimum absolute atomic E-state index is 0.0771. The fourth-order valence-corrected chi connectivity index (χ4v) is 1.36. The maximum atomic E-state index is 11.5. The monoisotopic (exact) mass is 238 g/mol. The quantitative estimate of drug-likeness (QED) is 0.764. The molecule has 0 aromatic carbocycles. The van der Waals surface area contributed by atoms with Gasteiger partial charge in [-0.2, -0.15) is 0 Å². The summed E-state index contributed by atoms with van der Waals surface area (Å²) in [5.74, 6) is 0.121. The zero-order chi connectivity index (χ0) is 12.7. The maximum absolute atomic E-state index is 11.5. The molecular weight excluding hydrogens is 220 g/mol. The maximum Gasteiger partial charge on any atom is 0.341 e. The number of hydrogen-bond acceptors (Lipinski definition) is 5. The summed E-state index contributed by atoms with van der Waals surface area (Å²) in [6.45, 7) is 5.13. The number of carbonyl (C=O) groups is 1. The van der Waals surface area contributed by atoms with E-state index in [1.807, 2.05) is 13.8 Å². The van der Waals surface area contributed by atoms with Crippen LogP contribution in [0.2, 0.25) is 0 Å². The summed E-state index contributed by atoms with van der Waals surface area (Å²) < 4.78 is 9.98. The molecule has 0 radical (unpaired) electrons. The molecule has 0 aliphatic carbocycles. The molecule has 0 fully saturated rings. The van der Waals surface area contributed by atoms with E-state index in [9.17, 15) is 4.79 Å². The summed E-state index contributed by atoms with van der Waals surface area (Å²) in [6.07, 6.45) is 1.63. The van der Waals surface area contributed by atoms with Crippen molar-refractivity contribution in [3.63, 3.8) is 0 Å². The van der Waals surface area contributed by atoms with Gasteiger partial charge in [0.05, 0.1) is 13.7 Å². The highest BCUT2D eigenvalue weighted by molar-refractivity contribution is 5.94. The van der Waals surface area contributed by atoms with E-state index in [0.717, 1.165) is 0 Å². The number of aromatic nitrogens is 1. The fourth-order valence-electron chi connectivity index (χ4n) is 1.36. The molecule has 0 saturated heterocycles. The van der Waals surface area contributed by atoms with Crippen molar-refractivity contribution in [3.8, 4) is 0 Å². The lowest BCUT2D eigenvalue weighted by Crippen LogP contribution is -2.24. The number of nitrogens with one attached hydrogen (secondary N) is 1. The SMILES string of the molecule is CCOCC(C)Nc1ncccc1C(=O)OC. The van der Waals surface area contributed by atoms with E-state index in [-0.39, 0.29) is 6.04 Å². The van der Waals surface area contributed by atoms with Gasteiger partial charge in [0.25, 0.3) is 0 Å². The molecule has 1 heterocycles. The van der Waals surface area contributed by atoms with Gasteiger partial charge in [-0.25, -0.2) is 9.78 Å². The Morgan fingerprint density at radius 2 is 2.35 bits per heavy atom. The van der Waals surface area contributed by atoms with Crippen LogP contribution in [-0.2, 0) is 9.47 Å². The van der Waals surface area contributed by atoms with Crippen LogP contribution in [0.3, 0.4) is 0 Å². The number of hydrogen-bond donors (Lipinski definition) is 1. The Hall–Kier alpha value is -1.62. The van der Waals surface area contributed by atoms with Gasteiger partial charge in [-0.1, -0.05) is 0 Å². The molecule has 17 heavy (non-hydrogen) atoms. The third-order valence-electron chi connectivity index (χ3n) is 2.17. The molecule has 0 bridgehead atoms. The van der Waals surface area contributed by atoms with E-state index in [1.54, 1.807) is 18.3 Å². The van der Waals surface area contributed by atoms with Crippen molar-refractivity contribution < 1.29 is 14.3 Å². The van der Waals surface area contributed by atoms with E-state index < -0.39 is 5.97 Å². The standard InChI is InChI=1S/C12H18N2O3/c1-4-17-8-9(2)14-11-10(12(15)16-3)6-5-7-13-11/h5-7,9H,4,8H2,1-3H3,(H,13,14). The molecule has 1 aromatic rings. The lowest BCUT2D eigenvalue weighted by molar-refractivity contribution is 0.0601. The van der Waals surface area contributed by atoms with Crippen LogP contribution < -0.4 is 5.32 Å². The van der Waals surface area contributed by atoms with Gasteiger partial charge in [-0.05, 0) is 26.0 Å². The van der Waals surface area contributed by atoms with Crippen LogP contribution in [0.5, 0.6) is 0 Å². The first-order valence-corrected chi connectivity index (χ1v) is 5.56. The minimum atomic E-state index is -0.399.